The molecule has 4 heterocycles. The molecule has 8 rings (SSSR count). The number of rotatable bonds is 4. The van der Waals surface area contributed by atoms with Crippen LogP contribution in [-0.4, -0.2) is 11.6 Å². The second-order valence-corrected chi connectivity index (χ2v) is 14.4. The number of hydrogen-bond donors (Lipinski definition) is 0. The molecule has 0 saturated carbocycles. The lowest BCUT2D eigenvalue weighted by molar-refractivity contribution is 0.102. The van der Waals surface area contributed by atoms with Gasteiger partial charge in [0.2, 0.25) is 0 Å². The van der Waals surface area contributed by atoms with E-state index in [-0.39, 0.29) is 23.7 Å². The maximum Gasteiger partial charge on any atom is 0.190 e. The van der Waals surface area contributed by atoms with Crippen molar-refractivity contribution in [1.82, 2.24) is 0 Å². The highest BCUT2D eigenvalue weighted by molar-refractivity contribution is 7.31. The molecule has 0 amide bonds. The van der Waals surface area contributed by atoms with Crippen LogP contribution >= 0.6 is 22.7 Å². The molecule has 0 N–H and O–H groups in total. The molecular weight excluding hydrogens is 585 g/mol. The van der Waals surface area contributed by atoms with E-state index in [2.05, 4.69) is 12.1 Å². The van der Waals surface area contributed by atoms with Crippen LogP contribution in [0.1, 0.15) is 73.8 Å². The summed E-state index contributed by atoms with van der Waals surface area (Å²) < 4.78 is 32.3. The highest BCUT2D eigenvalue weighted by Crippen LogP contribution is 2.46. The number of hydrogen-bond acceptors (Lipinski definition) is 6. The van der Waals surface area contributed by atoms with Crippen molar-refractivity contribution in [2.45, 2.75) is 38.5 Å². The molecule has 0 fully saturated rings. The van der Waals surface area contributed by atoms with E-state index in [1.807, 2.05) is 88.4 Å². The van der Waals surface area contributed by atoms with Crippen molar-refractivity contribution in [2.24, 2.45) is 0 Å². The first-order chi connectivity index (χ1) is 22.0. The Labute approximate surface area is 265 Å². The van der Waals surface area contributed by atoms with E-state index in [0.29, 0.717) is 45.3 Å². The van der Waals surface area contributed by atoms with Crippen LogP contribution in [0.15, 0.2) is 105 Å². The number of thiophene rings is 2. The van der Waals surface area contributed by atoms with Gasteiger partial charge in [0.05, 0.1) is 12.5 Å². The van der Waals surface area contributed by atoms with Gasteiger partial charge >= 0.3 is 0 Å². The summed E-state index contributed by atoms with van der Waals surface area (Å²) in [5, 5.41) is 0. The van der Waals surface area contributed by atoms with Gasteiger partial charge in [-0.05, 0) is 59.6 Å². The van der Waals surface area contributed by atoms with Gasteiger partial charge in [-0.3, -0.25) is 9.59 Å². The summed E-state index contributed by atoms with van der Waals surface area (Å²) in [6.07, 6.45) is 0. The Morgan fingerprint density at radius 2 is 1.02 bits per heavy atom. The molecule has 44 heavy (non-hydrogen) atoms. The molecular formula is C38H28O4S2. The Balaban J connectivity index is 1.08. The van der Waals surface area contributed by atoms with Gasteiger partial charge in [0.15, 0.2) is 11.6 Å². The number of furan rings is 2. The van der Waals surface area contributed by atoms with E-state index in [0.717, 1.165) is 30.3 Å². The van der Waals surface area contributed by atoms with Crippen LogP contribution < -0.4 is 0 Å². The minimum Gasteiger partial charge on any atom is -0.456 e. The molecule has 4 nitrogen and oxygen atoms in total. The van der Waals surface area contributed by atoms with Crippen LogP contribution in [0.5, 0.6) is 0 Å². The summed E-state index contributed by atoms with van der Waals surface area (Å²) in [4.78, 5) is 28.4. The maximum atomic E-state index is 13.3. The summed E-state index contributed by atoms with van der Waals surface area (Å²) in [6, 6.07) is 26.7. The summed E-state index contributed by atoms with van der Waals surface area (Å²) in [5.74, 6) is 1.79. The summed E-state index contributed by atoms with van der Waals surface area (Å²) >= 11 is 3.16. The standard InChI is InChI=1S/C38H28O4S2/c1-37(2)25-11-7-5-9-23(25)35(39)27(37)17-21-13-15-29(41-21)31-19-33-34(43-31)20-32(44-33)30-16-14-22(42-30)18-28-36(40)24-10-6-8-12-26(24)38(28,3)4/h5-20H,1-4H3/b27-17+,28-18+/i17D,18D. The molecule has 6 aromatic rings. The van der Waals surface area contributed by atoms with Gasteiger partial charge < -0.3 is 8.83 Å². The molecule has 0 spiro atoms. The average Bonchev–Trinajstić information content (AvgIpc) is 3.86. The molecule has 0 aliphatic heterocycles. The van der Waals surface area contributed by atoms with Crippen molar-refractivity contribution in [3.05, 3.63) is 130 Å². The second kappa shape index (κ2) is 9.49. The fraction of sp³-hybridized carbons (Fsp3) is 0.158. The molecule has 0 atom stereocenters. The molecule has 6 heteroatoms. The largest absolute Gasteiger partial charge is 0.456 e. The molecule has 0 unspecified atom stereocenters. The van der Waals surface area contributed by atoms with E-state index >= 15 is 0 Å². The van der Waals surface area contributed by atoms with E-state index in [1.165, 1.54) is 0 Å². The van der Waals surface area contributed by atoms with E-state index < -0.39 is 10.8 Å². The van der Waals surface area contributed by atoms with Gasteiger partial charge in [-0.1, -0.05) is 76.2 Å². The third-order valence-electron chi connectivity index (χ3n) is 8.80. The zero-order valence-corrected chi connectivity index (χ0v) is 26.2. The Morgan fingerprint density at radius 1 is 0.614 bits per heavy atom. The van der Waals surface area contributed by atoms with E-state index in [9.17, 15) is 9.59 Å². The van der Waals surface area contributed by atoms with Gasteiger partial charge in [0.25, 0.3) is 0 Å². The van der Waals surface area contributed by atoms with Crippen molar-refractivity contribution < 1.29 is 21.2 Å². The lowest BCUT2D eigenvalue weighted by atomic mass is 9.82. The van der Waals surface area contributed by atoms with E-state index in [4.69, 9.17) is 11.6 Å². The zero-order valence-electron chi connectivity index (χ0n) is 26.5. The number of allylic oxidation sites excluding steroid dienone is 2. The van der Waals surface area contributed by atoms with Crippen LogP contribution in [0.25, 0.3) is 42.8 Å². The first-order valence-corrected chi connectivity index (χ1v) is 16.1. The SMILES string of the molecule is [2H]/C(=C1/C(=O)c2ccccc2C1(C)C)c1ccc(-c2cc3sc(-c4ccc(/C([2H])=C5\C(=O)c6ccccc6C5(C)C)o4)cc3s2)o1. The molecule has 4 aromatic heterocycles. The van der Waals surface area contributed by atoms with Crippen molar-refractivity contribution in [2.75, 3.05) is 0 Å². The topological polar surface area (TPSA) is 60.4 Å². The van der Waals surface area contributed by atoms with Crippen LogP contribution in [0, 0.1) is 0 Å². The Morgan fingerprint density at radius 3 is 1.43 bits per heavy atom. The molecule has 0 bridgehead atoms. The Hall–Kier alpha value is -4.52. The number of carbonyl (C=O) groups excluding carboxylic acids is 2. The molecule has 0 saturated heterocycles. The summed E-state index contributed by atoms with van der Waals surface area (Å²) in [5.41, 5.74) is 2.88. The quantitative estimate of drug-likeness (QED) is 0.185. The Kier molecular flexibility index (Phi) is 5.36. The van der Waals surface area contributed by atoms with Crippen LogP contribution in [-0.2, 0) is 10.8 Å². The van der Waals surface area contributed by atoms with Crippen molar-refractivity contribution >= 4 is 55.7 Å². The predicted octanol–water partition coefficient (Wildman–Crippen LogP) is 10.6. The molecule has 2 aliphatic carbocycles. The highest BCUT2D eigenvalue weighted by atomic mass is 32.1. The minimum absolute atomic E-state index is 0.113. The van der Waals surface area contributed by atoms with Gasteiger partial charge in [-0.25, -0.2) is 0 Å². The fourth-order valence-electron chi connectivity index (χ4n) is 6.38. The number of benzene rings is 2. The predicted molar refractivity (Wildman–Crippen MR) is 179 cm³/mol. The summed E-state index contributed by atoms with van der Waals surface area (Å²) in [7, 11) is 0. The third-order valence-corrected chi connectivity index (χ3v) is 11.1. The van der Waals surface area contributed by atoms with Crippen LogP contribution in [0.3, 0.4) is 0 Å². The smallest absolute Gasteiger partial charge is 0.190 e. The fourth-order valence-corrected chi connectivity index (χ4v) is 8.70. The maximum absolute atomic E-state index is 13.3. The Bertz CT molecular complexity index is 2140. The normalized spacial score (nSPS) is 19.6. The number of Topliss-reactive ketones (excluding diaryl/α,β-unsaturated/α-hetero) is 2. The lowest BCUT2D eigenvalue weighted by Gasteiger charge is -2.20. The lowest BCUT2D eigenvalue weighted by Crippen LogP contribution is -2.16. The van der Waals surface area contributed by atoms with Gasteiger partial charge in [-0.15, -0.1) is 22.7 Å². The number of fused-ring (bicyclic) bond motifs is 3. The second-order valence-electron chi connectivity index (χ2n) is 12.3. The first-order valence-electron chi connectivity index (χ1n) is 15.4. The number of ketones is 2. The molecule has 2 aromatic carbocycles. The summed E-state index contributed by atoms with van der Waals surface area (Å²) in [6.45, 7) is 7.92. The van der Waals surface area contributed by atoms with Gasteiger partial charge in [-0.2, -0.15) is 0 Å². The number of carbonyl (C=O) groups is 2. The monoisotopic (exact) mass is 614 g/mol. The van der Waals surface area contributed by atoms with Gasteiger partial charge in [0, 0.05) is 42.5 Å². The first kappa shape index (κ1) is 24.9. The highest BCUT2D eigenvalue weighted by Gasteiger charge is 2.41. The molecule has 216 valence electrons. The average molecular weight is 615 g/mol. The molecule has 2 aliphatic rings. The zero-order chi connectivity index (χ0) is 32.1. The van der Waals surface area contributed by atoms with Crippen molar-refractivity contribution in [1.29, 1.82) is 0 Å². The van der Waals surface area contributed by atoms with Crippen molar-refractivity contribution in [3.63, 3.8) is 0 Å². The molecule has 0 radical (unpaired) electrons. The van der Waals surface area contributed by atoms with Gasteiger partial charge in [0.1, 0.15) is 23.0 Å². The van der Waals surface area contributed by atoms with Crippen LogP contribution in [0.2, 0.25) is 0 Å². The van der Waals surface area contributed by atoms with Crippen molar-refractivity contribution in [3.8, 4) is 21.3 Å². The van der Waals surface area contributed by atoms with Crippen LogP contribution in [0.4, 0.5) is 0 Å². The minimum atomic E-state index is -0.587. The third kappa shape index (κ3) is 4.01. The van der Waals surface area contributed by atoms with E-state index in [1.54, 1.807) is 34.8 Å².